The standard InChI is InChI=1S/C19H23NO5S/c1-25-17(12-15-8-4-2-5-9-15)14-26(23,24)20-18(19(21)22)13-16-10-6-3-7-11-16/h2-11,17-18,20H,12-14H2,1H3,(H,21,22)/t17?,18-/m1/s1. The van der Waals surface area contributed by atoms with E-state index in [0.717, 1.165) is 11.1 Å². The number of carboxylic acid groups (broad SMARTS) is 1. The van der Waals surface area contributed by atoms with Crippen molar-refractivity contribution in [2.75, 3.05) is 12.9 Å². The van der Waals surface area contributed by atoms with Gasteiger partial charge in [-0.3, -0.25) is 4.79 Å². The smallest absolute Gasteiger partial charge is 0.322 e. The quantitative estimate of drug-likeness (QED) is 0.659. The van der Waals surface area contributed by atoms with Gasteiger partial charge in [-0.05, 0) is 24.0 Å². The highest BCUT2D eigenvalue weighted by molar-refractivity contribution is 7.89. The number of hydrogen-bond donors (Lipinski definition) is 2. The van der Waals surface area contributed by atoms with Crippen LogP contribution in [-0.2, 0) is 32.4 Å². The van der Waals surface area contributed by atoms with E-state index >= 15 is 0 Å². The first-order valence-corrected chi connectivity index (χ1v) is 9.88. The highest BCUT2D eigenvalue weighted by Crippen LogP contribution is 2.09. The molecule has 0 fully saturated rings. The van der Waals surface area contributed by atoms with Gasteiger partial charge in [-0.1, -0.05) is 60.7 Å². The van der Waals surface area contributed by atoms with E-state index in [-0.39, 0.29) is 12.2 Å². The minimum Gasteiger partial charge on any atom is -0.480 e. The maximum Gasteiger partial charge on any atom is 0.322 e. The van der Waals surface area contributed by atoms with Crippen LogP contribution in [0.5, 0.6) is 0 Å². The first-order valence-electron chi connectivity index (χ1n) is 8.23. The van der Waals surface area contributed by atoms with E-state index in [1.54, 1.807) is 24.3 Å². The summed E-state index contributed by atoms with van der Waals surface area (Å²) in [7, 11) is -2.39. The van der Waals surface area contributed by atoms with Crippen molar-refractivity contribution >= 4 is 16.0 Å². The van der Waals surface area contributed by atoms with Crippen molar-refractivity contribution in [3.8, 4) is 0 Å². The van der Waals surface area contributed by atoms with E-state index in [1.165, 1.54) is 7.11 Å². The lowest BCUT2D eigenvalue weighted by Crippen LogP contribution is -2.45. The number of hydrogen-bond acceptors (Lipinski definition) is 4. The molecule has 2 rings (SSSR count). The monoisotopic (exact) mass is 377 g/mol. The molecule has 140 valence electrons. The Bertz CT molecular complexity index is 793. The molecule has 0 saturated carbocycles. The summed E-state index contributed by atoms with van der Waals surface area (Å²) in [5, 5.41) is 9.37. The lowest BCUT2D eigenvalue weighted by molar-refractivity contribution is -0.138. The Morgan fingerprint density at radius 3 is 1.96 bits per heavy atom. The van der Waals surface area contributed by atoms with Crippen LogP contribution >= 0.6 is 0 Å². The fraction of sp³-hybridized carbons (Fsp3) is 0.316. The Labute approximate surface area is 153 Å². The topological polar surface area (TPSA) is 92.7 Å². The van der Waals surface area contributed by atoms with Gasteiger partial charge in [0.25, 0.3) is 0 Å². The number of sulfonamides is 1. The van der Waals surface area contributed by atoms with Crippen LogP contribution in [0.3, 0.4) is 0 Å². The molecule has 1 unspecified atom stereocenters. The molecule has 2 aromatic carbocycles. The molecule has 0 aliphatic carbocycles. The van der Waals surface area contributed by atoms with Crippen molar-refractivity contribution < 1.29 is 23.1 Å². The summed E-state index contributed by atoms with van der Waals surface area (Å²) in [6.07, 6.45) is -0.0680. The molecule has 26 heavy (non-hydrogen) atoms. The Balaban J connectivity index is 2.03. The van der Waals surface area contributed by atoms with Crippen LogP contribution in [0.4, 0.5) is 0 Å². The number of carboxylic acids is 1. The Morgan fingerprint density at radius 2 is 1.50 bits per heavy atom. The largest absolute Gasteiger partial charge is 0.480 e. The first-order chi connectivity index (χ1) is 12.4. The zero-order chi connectivity index (χ0) is 19.0. The molecule has 2 aromatic rings. The Kier molecular flexibility index (Phi) is 7.32. The van der Waals surface area contributed by atoms with E-state index in [4.69, 9.17) is 4.74 Å². The number of carbonyl (C=O) groups is 1. The fourth-order valence-corrected chi connectivity index (χ4v) is 4.08. The van der Waals surface area contributed by atoms with E-state index in [0.29, 0.717) is 6.42 Å². The van der Waals surface area contributed by atoms with Crippen LogP contribution in [0.15, 0.2) is 60.7 Å². The van der Waals surface area contributed by atoms with Crippen LogP contribution in [0.2, 0.25) is 0 Å². The van der Waals surface area contributed by atoms with Crippen molar-refractivity contribution in [1.29, 1.82) is 0 Å². The summed E-state index contributed by atoms with van der Waals surface area (Å²) in [5.74, 6) is -1.52. The molecule has 0 aliphatic rings. The molecule has 0 saturated heterocycles. The molecule has 0 heterocycles. The van der Waals surface area contributed by atoms with Crippen LogP contribution in [0.25, 0.3) is 0 Å². The first kappa shape index (κ1) is 20.1. The molecule has 0 spiro atoms. The number of ether oxygens (including phenoxy) is 1. The number of methoxy groups -OCH3 is 1. The molecule has 0 aromatic heterocycles. The molecule has 2 atom stereocenters. The summed E-state index contributed by atoms with van der Waals surface area (Å²) in [5.41, 5.74) is 1.70. The molecular weight excluding hydrogens is 354 g/mol. The van der Waals surface area contributed by atoms with Crippen LogP contribution in [0.1, 0.15) is 11.1 Å². The van der Waals surface area contributed by atoms with E-state index < -0.39 is 28.1 Å². The van der Waals surface area contributed by atoms with Gasteiger partial charge in [0.1, 0.15) is 6.04 Å². The van der Waals surface area contributed by atoms with Gasteiger partial charge in [-0.25, -0.2) is 13.1 Å². The maximum atomic E-state index is 12.4. The van der Waals surface area contributed by atoms with Gasteiger partial charge in [-0.15, -0.1) is 0 Å². The minimum absolute atomic E-state index is 0.0751. The summed E-state index contributed by atoms with van der Waals surface area (Å²) >= 11 is 0. The predicted octanol–water partition coefficient (Wildman–Crippen LogP) is 1.86. The molecular formula is C19H23NO5S. The lowest BCUT2D eigenvalue weighted by atomic mass is 10.1. The van der Waals surface area contributed by atoms with Crippen molar-refractivity contribution in [3.05, 3.63) is 71.8 Å². The average molecular weight is 377 g/mol. The molecule has 7 heteroatoms. The second-order valence-corrected chi connectivity index (χ2v) is 7.83. The molecule has 6 nitrogen and oxygen atoms in total. The molecule has 0 bridgehead atoms. The predicted molar refractivity (Wildman–Crippen MR) is 99.4 cm³/mol. The normalized spacial score (nSPS) is 13.9. The summed E-state index contributed by atoms with van der Waals surface area (Å²) in [6.45, 7) is 0. The zero-order valence-corrected chi connectivity index (χ0v) is 15.4. The molecule has 0 aliphatic heterocycles. The van der Waals surface area contributed by atoms with Gasteiger partial charge in [0.15, 0.2) is 0 Å². The third kappa shape index (κ3) is 6.59. The fourth-order valence-electron chi connectivity index (χ4n) is 2.63. The van der Waals surface area contributed by atoms with Crippen molar-refractivity contribution in [2.45, 2.75) is 25.0 Å². The van der Waals surface area contributed by atoms with Crippen molar-refractivity contribution in [2.24, 2.45) is 0 Å². The summed E-state index contributed by atoms with van der Waals surface area (Å²) in [6, 6.07) is 17.1. The van der Waals surface area contributed by atoms with Gasteiger partial charge >= 0.3 is 5.97 Å². The lowest BCUT2D eigenvalue weighted by Gasteiger charge is -2.19. The molecule has 2 N–H and O–H groups in total. The van der Waals surface area contributed by atoms with Crippen molar-refractivity contribution in [3.63, 3.8) is 0 Å². The summed E-state index contributed by atoms with van der Waals surface area (Å²) < 4.78 is 32.4. The SMILES string of the molecule is COC(Cc1ccccc1)CS(=O)(=O)N[C@H](Cc1ccccc1)C(=O)O. The number of rotatable bonds is 10. The number of aliphatic carboxylic acids is 1. The maximum absolute atomic E-state index is 12.4. The second kappa shape index (κ2) is 9.47. The second-order valence-electron chi connectivity index (χ2n) is 6.03. The van der Waals surface area contributed by atoms with Gasteiger partial charge in [-0.2, -0.15) is 0 Å². The number of benzene rings is 2. The average Bonchev–Trinajstić information content (AvgIpc) is 2.62. The highest BCUT2D eigenvalue weighted by Gasteiger charge is 2.27. The zero-order valence-electron chi connectivity index (χ0n) is 14.5. The molecule has 0 radical (unpaired) electrons. The van der Waals surface area contributed by atoms with Gasteiger partial charge in [0.05, 0.1) is 11.9 Å². The van der Waals surface area contributed by atoms with E-state index in [1.807, 2.05) is 36.4 Å². The third-order valence-corrected chi connectivity index (χ3v) is 5.40. The number of nitrogens with one attached hydrogen (secondary N) is 1. The van der Waals surface area contributed by atoms with E-state index in [9.17, 15) is 18.3 Å². The van der Waals surface area contributed by atoms with Gasteiger partial charge in [0.2, 0.25) is 10.0 Å². The van der Waals surface area contributed by atoms with Crippen LogP contribution in [-0.4, -0.2) is 44.5 Å². The van der Waals surface area contributed by atoms with Crippen LogP contribution in [0, 0.1) is 0 Å². The van der Waals surface area contributed by atoms with E-state index in [2.05, 4.69) is 4.72 Å². The van der Waals surface area contributed by atoms with Gasteiger partial charge in [0, 0.05) is 7.11 Å². The highest BCUT2D eigenvalue weighted by atomic mass is 32.2. The minimum atomic E-state index is -3.83. The van der Waals surface area contributed by atoms with Gasteiger partial charge < -0.3 is 9.84 Å². The molecule has 0 amide bonds. The Hall–Kier alpha value is -2.22. The van der Waals surface area contributed by atoms with Crippen LogP contribution < -0.4 is 4.72 Å². The Morgan fingerprint density at radius 1 is 1.00 bits per heavy atom. The summed E-state index contributed by atoms with van der Waals surface area (Å²) in [4.78, 5) is 11.5. The third-order valence-electron chi connectivity index (χ3n) is 3.95. The van der Waals surface area contributed by atoms with Crippen molar-refractivity contribution in [1.82, 2.24) is 4.72 Å².